The van der Waals surface area contributed by atoms with E-state index in [4.69, 9.17) is 0 Å². The van der Waals surface area contributed by atoms with Gasteiger partial charge < -0.3 is 0 Å². The van der Waals surface area contributed by atoms with Gasteiger partial charge in [-0.2, -0.15) is 0 Å². The molecule has 0 heterocycles. The molecule has 0 radical (unpaired) electrons. The average Bonchev–Trinajstić information content (AvgIpc) is 1.98. The second kappa shape index (κ2) is 4.06. The van der Waals surface area contributed by atoms with Gasteiger partial charge in [-0.3, -0.25) is 4.79 Å². The minimum Gasteiger partial charge on any atom is -0.299 e. The monoisotopic (exact) mass is 170 g/mol. The van der Waals surface area contributed by atoms with E-state index in [0.29, 0.717) is 5.78 Å². The van der Waals surface area contributed by atoms with Crippen LogP contribution in [0.25, 0.3) is 0 Å². The van der Waals surface area contributed by atoms with E-state index in [0.717, 1.165) is 6.42 Å². The summed E-state index contributed by atoms with van der Waals surface area (Å²) in [5.41, 5.74) is 0.112. The molecule has 12 heavy (non-hydrogen) atoms. The highest BCUT2D eigenvalue weighted by Gasteiger charge is 2.28. The van der Waals surface area contributed by atoms with E-state index < -0.39 is 0 Å². The number of carbonyl (C=O) groups is 1. The Morgan fingerprint density at radius 3 is 1.92 bits per heavy atom. The van der Waals surface area contributed by atoms with Gasteiger partial charge in [-0.25, -0.2) is 0 Å². The van der Waals surface area contributed by atoms with Crippen LogP contribution in [0, 0.1) is 17.3 Å². The molecule has 0 fully saturated rings. The molecule has 0 saturated heterocycles. The summed E-state index contributed by atoms with van der Waals surface area (Å²) in [5.74, 6) is 0.802. The Bertz CT molecular complexity index is 153. The fourth-order valence-corrected chi connectivity index (χ4v) is 1.05. The van der Waals surface area contributed by atoms with Crippen LogP contribution in [-0.4, -0.2) is 5.78 Å². The quantitative estimate of drug-likeness (QED) is 0.635. The highest BCUT2D eigenvalue weighted by molar-refractivity contribution is 5.83. The third-order valence-corrected chi connectivity index (χ3v) is 2.82. The summed E-state index contributed by atoms with van der Waals surface area (Å²) >= 11 is 0. The fourth-order valence-electron chi connectivity index (χ4n) is 1.05. The number of hydrogen-bond donors (Lipinski definition) is 0. The Balaban J connectivity index is 4.30. The van der Waals surface area contributed by atoms with E-state index in [1.165, 1.54) is 0 Å². The number of Topliss-reactive ketones (excluding diaryl/α,β-unsaturated/α-hetero) is 1. The highest BCUT2D eigenvalue weighted by Crippen LogP contribution is 2.28. The smallest absolute Gasteiger partial charge is 0.138 e. The van der Waals surface area contributed by atoms with E-state index in [2.05, 4.69) is 27.7 Å². The van der Waals surface area contributed by atoms with Crippen molar-refractivity contribution < 1.29 is 4.79 Å². The third kappa shape index (κ3) is 2.96. The van der Waals surface area contributed by atoms with E-state index in [-0.39, 0.29) is 17.3 Å². The molecule has 0 aromatic carbocycles. The van der Waals surface area contributed by atoms with Crippen molar-refractivity contribution in [1.82, 2.24) is 0 Å². The van der Waals surface area contributed by atoms with Gasteiger partial charge >= 0.3 is 0 Å². The van der Waals surface area contributed by atoms with Crippen LogP contribution in [0.15, 0.2) is 0 Å². The van der Waals surface area contributed by atoms with Gasteiger partial charge in [0, 0.05) is 11.8 Å². The zero-order valence-electron chi connectivity index (χ0n) is 9.27. The Kier molecular flexibility index (Phi) is 3.95. The van der Waals surface area contributed by atoms with E-state index in [9.17, 15) is 4.79 Å². The summed E-state index contributed by atoms with van der Waals surface area (Å²) in [5, 5.41) is 0. The number of rotatable bonds is 3. The average molecular weight is 170 g/mol. The van der Waals surface area contributed by atoms with Crippen molar-refractivity contribution >= 4 is 5.78 Å². The van der Waals surface area contributed by atoms with Gasteiger partial charge in [0.05, 0.1) is 0 Å². The molecule has 72 valence electrons. The van der Waals surface area contributed by atoms with Crippen molar-refractivity contribution in [1.29, 1.82) is 0 Å². The lowest BCUT2D eigenvalue weighted by molar-refractivity contribution is -0.128. The molecule has 0 amide bonds. The van der Waals surface area contributed by atoms with E-state index in [1.54, 1.807) is 0 Å². The summed E-state index contributed by atoms with van der Waals surface area (Å²) in [6.45, 7) is 12.5. The number of carbonyl (C=O) groups excluding carboxylic acids is 1. The van der Waals surface area contributed by atoms with Crippen molar-refractivity contribution in [2.45, 2.75) is 48.0 Å². The molecule has 0 N–H and O–H groups in total. The molecule has 0 aliphatic rings. The SMILES string of the molecule is CCC(C)C(=O)C(C)C(C)(C)C. The van der Waals surface area contributed by atoms with Crippen molar-refractivity contribution in [2.75, 3.05) is 0 Å². The first kappa shape index (κ1) is 11.7. The van der Waals surface area contributed by atoms with Gasteiger partial charge in [0.25, 0.3) is 0 Å². The van der Waals surface area contributed by atoms with Crippen LogP contribution in [0.3, 0.4) is 0 Å². The zero-order valence-corrected chi connectivity index (χ0v) is 9.27. The molecule has 0 bridgehead atoms. The van der Waals surface area contributed by atoms with E-state index >= 15 is 0 Å². The minimum atomic E-state index is 0.112. The summed E-state index contributed by atoms with van der Waals surface area (Å²) < 4.78 is 0. The molecule has 2 unspecified atom stereocenters. The largest absolute Gasteiger partial charge is 0.299 e. The standard InChI is InChI=1S/C11H22O/c1-7-8(2)10(12)9(3)11(4,5)6/h8-9H,7H2,1-6H3. The molecule has 0 saturated carbocycles. The Morgan fingerprint density at radius 1 is 1.25 bits per heavy atom. The lowest BCUT2D eigenvalue weighted by Crippen LogP contribution is -2.29. The van der Waals surface area contributed by atoms with Gasteiger partial charge in [0.15, 0.2) is 0 Å². The first-order valence-corrected chi connectivity index (χ1v) is 4.84. The van der Waals surface area contributed by atoms with Crippen LogP contribution in [0.1, 0.15) is 48.0 Å². The van der Waals surface area contributed by atoms with Gasteiger partial charge in [-0.05, 0) is 11.8 Å². The van der Waals surface area contributed by atoms with Gasteiger partial charge in [0.2, 0.25) is 0 Å². The topological polar surface area (TPSA) is 17.1 Å². The number of ketones is 1. The maximum Gasteiger partial charge on any atom is 0.138 e. The normalized spacial score (nSPS) is 17.2. The first-order valence-electron chi connectivity index (χ1n) is 4.84. The minimum absolute atomic E-state index is 0.112. The molecule has 0 aliphatic heterocycles. The van der Waals surface area contributed by atoms with Crippen LogP contribution in [0.5, 0.6) is 0 Å². The van der Waals surface area contributed by atoms with Crippen molar-refractivity contribution in [3.63, 3.8) is 0 Å². The van der Waals surface area contributed by atoms with Crippen molar-refractivity contribution in [3.8, 4) is 0 Å². The van der Waals surface area contributed by atoms with Gasteiger partial charge in [-0.1, -0.05) is 41.5 Å². The molecule has 2 atom stereocenters. The Labute approximate surface area is 76.6 Å². The van der Waals surface area contributed by atoms with Crippen LogP contribution in [0.2, 0.25) is 0 Å². The summed E-state index contributed by atoms with van der Waals surface area (Å²) in [4.78, 5) is 11.7. The van der Waals surface area contributed by atoms with Crippen molar-refractivity contribution in [3.05, 3.63) is 0 Å². The Hall–Kier alpha value is -0.330. The molecule has 1 heteroatoms. The predicted molar refractivity (Wildman–Crippen MR) is 53.1 cm³/mol. The van der Waals surface area contributed by atoms with Crippen molar-refractivity contribution in [2.24, 2.45) is 17.3 Å². The predicted octanol–water partition coefficient (Wildman–Crippen LogP) is 3.28. The van der Waals surface area contributed by atoms with Crippen LogP contribution in [0.4, 0.5) is 0 Å². The number of hydrogen-bond acceptors (Lipinski definition) is 1. The first-order chi connectivity index (χ1) is 5.30. The van der Waals surface area contributed by atoms with Gasteiger partial charge in [-0.15, -0.1) is 0 Å². The maximum atomic E-state index is 11.7. The fraction of sp³-hybridized carbons (Fsp3) is 0.909. The van der Waals surface area contributed by atoms with E-state index in [1.807, 2.05) is 13.8 Å². The summed E-state index contributed by atoms with van der Waals surface area (Å²) in [6, 6.07) is 0. The van der Waals surface area contributed by atoms with Crippen LogP contribution >= 0.6 is 0 Å². The second-order valence-corrected chi connectivity index (χ2v) is 4.80. The summed E-state index contributed by atoms with van der Waals surface area (Å²) in [6.07, 6.45) is 0.958. The molecule has 0 spiro atoms. The molecule has 0 aromatic rings. The summed E-state index contributed by atoms with van der Waals surface area (Å²) in [7, 11) is 0. The van der Waals surface area contributed by atoms with Crippen LogP contribution in [-0.2, 0) is 4.79 Å². The third-order valence-electron chi connectivity index (χ3n) is 2.82. The molecule has 0 aliphatic carbocycles. The molecular weight excluding hydrogens is 148 g/mol. The molecule has 0 aromatic heterocycles. The highest BCUT2D eigenvalue weighted by atomic mass is 16.1. The lowest BCUT2D eigenvalue weighted by atomic mass is 9.76. The lowest BCUT2D eigenvalue weighted by Gasteiger charge is -2.27. The zero-order chi connectivity index (χ0) is 9.94. The van der Waals surface area contributed by atoms with Gasteiger partial charge in [0.1, 0.15) is 5.78 Å². The maximum absolute atomic E-state index is 11.7. The Morgan fingerprint density at radius 2 is 1.67 bits per heavy atom. The molecule has 1 nitrogen and oxygen atoms in total. The molecule has 0 rings (SSSR count). The molecular formula is C11H22O. The van der Waals surface area contributed by atoms with Crippen LogP contribution < -0.4 is 0 Å². The second-order valence-electron chi connectivity index (χ2n) is 4.80.